The molecule has 0 fully saturated rings. The van der Waals surface area contributed by atoms with Gasteiger partial charge in [-0.3, -0.25) is 0 Å². The molecule has 0 heterocycles. The molecule has 3 rings (SSSR count). The van der Waals surface area contributed by atoms with Crippen LogP contribution in [-0.4, -0.2) is 13.7 Å². The second-order valence-corrected chi connectivity index (χ2v) is 7.71. The Labute approximate surface area is 189 Å². The summed E-state index contributed by atoms with van der Waals surface area (Å²) in [7, 11) is 1.45. The minimum absolute atomic E-state index is 0.129. The maximum Gasteiger partial charge on any atom is 0.432 e. The third-order valence-electron chi connectivity index (χ3n) is 4.91. The topological polar surface area (TPSA) is 18.5 Å². The Kier molecular flexibility index (Phi) is 7.50. The summed E-state index contributed by atoms with van der Waals surface area (Å²) >= 11 is 0. The number of benzene rings is 3. The molecule has 0 saturated heterocycles. The smallest absolute Gasteiger partial charge is 0.429 e. The molecule has 1 unspecified atom stereocenters. The van der Waals surface area contributed by atoms with E-state index in [1.54, 1.807) is 6.92 Å². The number of halogens is 8. The van der Waals surface area contributed by atoms with Crippen LogP contribution in [0.2, 0.25) is 0 Å². The lowest BCUT2D eigenvalue weighted by Crippen LogP contribution is -2.25. The fourth-order valence-corrected chi connectivity index (χ4v) is 3.47. The Balaban J connectivity index is 1.87. The van der Waals surface area contributed by atoms with Crippen molar-refractivity contribution in [2.24, 2.45) is 5.92 Å². The zero-order valence-electron chi connectivity index (χ0n) is 17.9. The van der Waals surface area contributed by atoms with Crippen LogP contribution in [0.4, 0.5) is 35.1 Å². The van der Waals surface area contributed by atoms with Crippen LogP contribution in [0.15, 0.2) is 42.5 Å². The van der Waals surface area contributed by atoms with E-state index in [1.807, 2.05) is 0 Å². The van der Waals surface area contributed by atoms with E-state index >= 15 is 0 Å². The van der Waals surface area contributed by atoms with Crippen molar-refractivity contribution in [1.29, 1.82) is 0 Å². The van der Waals surface area contributed by atoms with Gasteiger partial charge in [0.05, 0.1) is 0 Å². The molecule has 0 radical (unpaired) electrons. The van der Waals surface area contributed by atoms with Crippen molar-refractivity contribution < 1.29 is 44.6 Å². The molecule has 34 heavy (non-hydrogen) atoms. The molecule has 0 aliphatic carbocycles. The molecule has 0 spiro atoms. The Bertz CT molecular complexity index is 1150. The molecule has 3 aromatic carbocycles. The molecule has 10 heteroatoms. The van der Waals surface area contributed by atoms with Gasteiger partial charge in [-0.2, -0.15) is 8.78 Å². The summed E-state index contributed by atoms with van der Waals surface area (Å²) in [5.41, 5.74) is -2.38. The van der Waals surface area contributed by atoms with Gasteiger partial charge in [0.2, 0.25) is 0 Å². The first-order chi connectivity index (χ1) is 15.9. The lowest BCUT2D eigenvalue weighted by Gasteiger charge is -2.20. The number of methoxy groups -OCH3 is 1. The maximum atomic E-state index is 14.6. The highest BCUT2D eigenvalue weighted by Crippen LogP contribution is 2.37. The maximum absolute atomic E-state index is 14.6. The van der Waals surface area contributed by atoms with Gasteiger partial charge in [0.15, 0.2) is 17.5 Å². The van der Waals surface area contributed by atoms with Crippen molar-refractivity contribution in [2.45, 2.75) is 19.5 Å². The molecular formula is C24H18F8O2. The molecule has 0 saturated carbocycles. The quantitative estimate of drug-likeness (QED) is 0.247. The van der Waals surface area contributed by atoms with Gasteiger partial charge in [0.25, 0.3) is 0 Å². The van der Waals surface area contributed by atoms with Gasteiger partial charge >= 0.3 is 6.11 Å². The Morgan fingerprint density at radius 2 is 1.38 bits per heavy atom. The van der Waals surface area contributed by atoms with Crippen LogP contribution in [0.5, 0.6) is 5.75 Å². The van der Waals surface area contributed by atoms with Crippen molar-refractivity contribution in [2.75, 3.05) is 13.7 Å². The molecule has 3 aromatic rings. The minimum Gasteiger partial charge on any atom is -0.429 e. The molecule has 0 bridgehead atoms. The Morgan fingerprint density at radius 3 is 1.91 bits per heavy atom. The Hall–Kier alpha value is -3.14. The minimum atomic E-state index is -4.52. The second-order valence-electron chi connectivity index (χ2n) is 7.71. The fraction of sp³-hybridized carbons (Fsp3) is 0.250. The molecule has 0 aromatic heterocycles. The van der Waals surface area contributed by atoms with Crippen LogP contribution in [0.3, 0.4) is 0 Å². The summed E-state index contributed by atoms with van der Waals surface area (Å²) in [6, 6.07) is 4.64. The summed E-state index contributed by atoms with van der Waals surface area (Å²) < 4.78 is 122. The third-order valence-corrected chi connectivity index (χ3v) is 4.91. The standard InChI is InChI=1S/C24H18F8O2/c1-12(11-33-2)5-13-6-18(26)22(19(27)7-13)24(31,32)34-15-3-4-16(17(25)10-15)14-8-20(28)23(30)21(29)9-14/h3-4,6-10,12H,5,11H2,1-2H3. The lowest BCUT2D eigenvalue weighted by atomic mass is 9.99. The molecule has 0 aliphatic heterocycles. The average molecular weight is 490 g/mol. The van der Waals surface area contributed by atoms with E-state index in [-0.39, 0.29) is 17.9 Å². The highest BCUT2D eigenvalue weighted by atomic mass is 19.3. The van der Waals surface area contributed by atoms with Gasteiger partial charge in [-0.1, -0.05) is 6.92 Å². The first-order valence-electron chi connectivity index (χ1n) is 9.91. The predicted molar refractivity (Wildman–Crippen MR) is 107 cm³/mol. The highest BCUT2D eigenvalue weighted by molar-refractivity contribution is 5.65. The third kappa shape index (κ3) is 5.49. The molecule has 0 amide bonds. The zero-order chi connectivity index (χ0) is 25.2. The van der Waals surface area contributed by atoms with Gasteiger partial charge in [-0.15, -0.1) is 0 Å². The molecule has 0 aliphatic rings. The van der Waals surface area contributed by atoms with Gasteiger partial charge in [0, 0.05) is 25.3 Å². The number of rotatable bonds is 8. The van der Waals surface area contributed by atoms with Crippen molar-refractivity contribution in [3.63, 3.8) is 0 Å². The van der Waals surface area contributed by atoms with Gasteiger partial charge in [-0.25, -0.2) is 26.3 Å². The monoisotopic (exact) mass is 490 g/mol. The van der Waals surface area contributed by atoms with Crippen LogP contribution in [0.1, 0.15) is 18.1 Å². The first-order valence-corrected chi connectivity index (χ1v) is 9.91. The van der Waals surface area contributed by atoms with E-state index < -0.39 is 63.5 Å². The largest absolute Gasteiger partial charge is 0.432 e. The van der Waals surface area contributed by atoms with E-state index in [0.717, 1.165) is 24.3 Å². The summed E-state index contributed by atoms with van der Waals surface area (Å²) in [5.74, 6) is -10.2. The molecular weight excluding hydrogens is 472 g/mol. The average Bonchev–Trinajstić information content (AvgIpc) is 2.70. The number of alkyl halides is 2. The Morgan fingerprint density at radius 1 is 0.794 bits per heavy atom. The predicted octanol–water partition coefficient (Wildman–Crippen LogP) is 7.14. The second kappa shape index (κ2) is 10.0. The van der Waals surface area contributed by atoms with E-state index in [2.05, 4.69) is 4.74 Å². The van der Waals surface area contributed by atoms with Crippen molar-refractivity contribution >= 4 is 0 Å². The lowest BCUT2D eigenvalue weighted by molar-refractivity contribution is -0.189. The summed E-state index contributed by atoms with van der Waals surface area (Å²) in [6.45, 7) is 2.04. The van der Waals surface area contributed by atoms with Crippen LogP contribution >= 0.6 is 0 Å². The number of hydrogen-bond acceptors (Lipinski definition) is 2. The van der Waals surface area contributed by atoms with Gasteiger partial charge < -0.3 is 9.47 Å². The number of ether oxygens (including phenoxy) is 2. The van der Waals surface area contributed by atoms with Crippen LogP contribution in [0, 0.1) is 40.8 Å². The van der Waals surface area contributed by atoms with E-state index in [0.29, 0.717) is 24.8 Å². The van der Waals surface area contributed by atoms with Crippen LogP contribution in [-0.2, 0) is 17.3 Å². The molecule has 1 atom stereocenters. The van der Waals surface area contributed by atoms with Crippen molar-refractivity contribution in [3.05, 3.63) is 88.5 Å². The van der Waals surface area contributed by atoms with Crippen molar-refractivity contribution in [3.8, 4) is 16.9 Å². The zero-order valence-corrected chi connectivity index (χ0v) is 17.9. The normalized spacial score (nSPS) is 12.6. The molecule has 0 N–H and O–H groups in total. The summed E-state index contributed by atoms with van der Waals surface area (Å²) in [4.78, 5) is 0. The van der Waals surface area contributed by atoms with E-state index in [4.69, 9.17) is 4.74 Å². The molecule has 182 valence electrons. The van der Waals surface area contributed by atoms with Crippen LogP contribution in [0.25, 0.3) is 11.1 Å². The SMILES string of the molecule is COCC(C)Cc1cc(F)c(C(F)(F)Oc2ccc(-c3cc(F)c(F)c(F)c3)c(F)c2)c(F)c1. The molecule has 2 nitrogen and oxygen atoms in total. The fourth-order valence-electron chi connectivity index (χ4n) is 3.47. The van der Waals surface area contributed by atoms with E-state index in [1.165, 1.54) is 7.11 Å². The summed E-state index contributed by atoms with van der Waals surface area (Å²) in [5, 5.41) is 0. The van der Waals surface area contributed by atoms with Crippen molar-refractivity contribution in [1.82, 2.24) is 0 Å². The van der Waals surface area contributed by atoms with E-state index in [9.17, 15) is 35.1 Å². The summed E-state index contributed by atoms with van der Waals surface area (Å²) in [6.07, 6.45) is -4.35. The first kappa shape index (κ1) is 25.5. The highest BCUT2D eigenvalue weighted by Gasteiger charge is 2.41. The van der Waals surface area contributed by atoms with Gasteiger partial charge in [0.1, 0.15) is 28.8 Å². The van der Waals surface area contributed by atoms with Crippen LogP contribution < -0.4 is 4.74 Å². The van der Waals surface area contributed by atoms with Gasteiger partial charge in [-0.05, 0) is 59.9 Å². The number of hydrogen-bond donors (Lipinski definition) is 0.